The van der Waals surface area contributed by atoms with Crippen LogP contribution >= 0.6 is 34.8 Å². The lowest BCUT2D eigenvalue weighted by molar-refractivity contribution is -0.135. The number of carbonyl (C=O) groups is 1. The number of hydrogen-bond donors (Lipinski definition) is 0. The second-order valence-corrected chi connectivity index (χ2v) is 7.37. The molecule has 3 aromatic rings. The van der Waals surface area contributed by atoms with Gasteiger partial charge in [0, 0.05) is 18.4 Å². The Balaban J connectivity index is 1.79. The van der Waals surface area contributed by atoms with E-state index in [0.29, 0.717) is 5.02 Å². The molecule has 136 valence electrons. The molecule has 1 aliphatic rings. The fourth-order valence-electron chi connectivity index (χ4n) is 3.38. The number of carbonyl (C=O) groups excluding carboxylic acids is 1. The Morgan fingerprint density at radius 3 is 2.00 bits per heavy atom. The molecule has 6 heteroatoms. The first-order valence-electron chi connectivity index (χ1n) is 8.26. The van der Waals surface area contributed by atoms with Gasteiger partial charge in [0.25, 0.3) is 0 Å². The predicted molar refractivity (Wildman–Crippen MR) is 110 cm³/mol. The van der Waals surface area contributed by atoms with Gasteiger partial charge in [-0.05, 0) is 35.4 Å². The van der Waals surface area contributed by atoms with Gasteiger partial charge in [-0.3, -0.25) is 4.79 Å². The van der Waals surface area contributed by atoms with E-state index in [1.54, 1.807) is 12.1 Å². The number of anilines is 2. The van der Waals surface area contributed by atoms with Crippen LogP contribution in [0.3, 0.4) is 0 Å². The van der Waals surface area contributed by atoms with Crippen LogP contribution in [0, 0.1) is 0 Å². The summed E-state index contributed by atoms with van der Waals surface area (Å²) in [6.07, 6.45) is 0. The van der Waals surface area contributed by atoms with Gasteiger partial charge in [0.1, 0.15) is 10.9 Å². The van der Waals surface area contributed by atoms with Crippen molar-refractivity contribution in [1.29, 1.82) is 0 Å². The number of halogens is 3. The molecule has 27 heavy (non-hydrogen) atoms. The molecule has 0 saturated carbocycles. The fraction of sp³-hybridized carbons (Fsp3) is 0.0952. The Morgan fingerprint density at radius 2 is 1.41 bits per heavy atom. The minimum atomic E-state index is -0.570. The van der Waals surface area contributed by atoms with Crippen LogP contribution in [0.25, 0.3) is 0 Å². The Labute approximate surface area is 172 Å². The quantitative estimate of drug-likeness (QED) is 0.271. The van der Waals surface area contributed by atoms with E-state index >= 15 is 0 Å². The number of fused-ring (bicyclic) bond motifs is 2. The van der Waals surface area contributed by atoms with Crippen molar-refractivity contribution in [3.05, 3.63) is 86.9 Å². The minimum Gasteiger partial charge on any atom is -0.424 e. The van der Waals surface area contributed by atoms with E-state index in [1.807, 2.05) is 55.6 Å². The lowest BCUT2D eigenvalue weighted by Crippen LogP contribution is -2.28. The van der Waals surface area contributed by atoms with Gasteiger partial charge in [-0.15, -0.1) is 0 Å². The molecule has 0 bridgehead atoms. The maximum Gasteiger partial charge on any atom is 0.323 e. The normalized spacial score (nSPS) is 13.1. The van der Waals surface area contributed by atoms with E-state index in [4.69, 9.17) is 39.5 Å². The van der Waals surface area contributed by atoms with Crippen molar-refractivity contribution in [2.45, 2.75) is 5.92 Å². The summed E-state index contributed by atoms with van der Waals surface area (Å²) in [5.74, 6) is -0.813. The highest BCUT2D eigenvalue weighted by Crippen LogP contribution is 2.45. The maximum absolute atomic E-state index is 13.2. The second-order valence-electron chi connectivity index (χ2n) is 6.20. The average molecular weight is 419 g/mol. The molecule has 0 aromatic heterocycles. The van der Waals surface area contributed by atoms with Crippen molar-refractivity contribution in [3.8, 4) is 5.75 Å². The van der Waals surface area contributed by atoms with Gasteiger partial charge in [-0.25, -0.2) is 0 Å². The Hall–Kier alpha value is -2.20. The zero-order valence-electron chi connectivity index (χ0n) is 14.2. The van der Waals surface area contributed by atoms with Crippen LogP contribution in [0.1, 0.15) is 17.0 Å². The molecule has 0 atom stereocenters. The van der Waals surface area contributed by atoms with Gasteiger partial charge >= 0.3 is 5.97 Å². The van der Waals surface area contributed by atoms with Crippen LogP contribution in [0.15, 0.2) is 60.7 Å². The molecule has 0 fully saturated rings. The average Bonchev–Trinajstić information content (AvgIpc) is 2.69. The Morgan fingerprint density at radius 1 is 0.852 bits per heavy atom. The minimum absolute atomic E-state index is 0.118. The molecular weight excluding hydrogens is 405 g/mol. The number of esters is 1. The van der Waals surface area contributed by atoms with Crippen molar-refractivity contribution in [2.24, 2.45) is 0 Å². The molecule has 0 radical (unpaired) electrons. The third-order valence-corrected chi connectivity index (χ3v) is 5.94. The highest BCUT2D eigenvalue weighted by molar-refractivity contribution is 6.48. The Kier molecular flexibility index (Phi) is 4.77. The van der Waals surface area contributed by atoms with Crippen molar-refractivity contribution >= 4 is 52.1 Å². The highest BCUT2D eigenvalue weighted by atomic mass is 35.5. The summed E-state index contributed by atoms with van der Waals surface area (Å²) in [5, 5.41) is 0.580. The number of ether oxygens (including phenoxy) is 1. The molecule has 0 spiro atoms. The monoisotopic (exact) mass is 417 g/mol. The summed E-state index contributed by atoms with van der Waals surface area (Å²) in [6.45, 7) is 0. The first kappa shape index (κ1) is 18.2. The lowest BCUT2D eigenvalue weighted by atomic mass is 9.85. The summed E-state index contributed by atoms with van der Waals surface area (Å²) >= 11 is 18.2. The topological polar surface area (TPSA) is 29.5 Å². The maximum atomic E-state index is 13.2. The van der Waals surface area contributed by atoms with Crippen molar-refractivity contribution in [1.82, 2.24) is 0 Å². The fourth-order valence-corrected chi connectivity index (χ4v) is 3.95. The summed E-state index contributed by atoms with van der Waals surface area (Å²) in [7, 11) is 1.98. The summed E-state index contributed by atoms with van der Waals surface area (Å²) in [4.78, 5) is 15.2. The zero-order valence-corrected chi connectivity index (χ0v) is 16.5. The van der Waals surface area contributed by atoms with Gasteiger partial charge in [0.15, 0.2) is 5.75 Å². The highest BCUT2D eigenvalue weighted by Gasteiger charge is 2.35. The third kappa shape index (κ3) is 3.06. The standard InChI is InChI=1S/C21H14Cl3NO2/c1-25-15-8-4-2-6-12(15)18(13-7-3-5-9-16(13)25)21(26)27-17-11-10-14(22)19(23)20(17)24/h2-11,18H,1H3. The number of rotatable bonds is 2. The molecule has 0 unspecified atom stereocenters. The van der Waals surface area contributed by atoms with E-state index in [0.717, 1.165) is 22.5 Å². The predicted octanol–water partition coefficient (Wildman–Crippen LogP) is 6.47. The SMILES string of the molecule is CN1c2ccccc2C(C(=O)Oc2ccc(Cl)c(Cl)c2Cl)c2ccccc21. The summed E-state index contributed by atoms with van der Waals surface area (Å²) in [5.41, 5.74) is 3.66. The molecule has 3 nitrogen and oxygen atoms in total. The van der Waals surface area contributed by atoms with Crippen LogP contribution in [0.4, 0.5) is 11.4 Å². The number of nitrogens with zero attached hydrogens (tertiary/aromatic N) is 1. The molecule has 3 aromatic carbocycles. The van der Waals surface area contributed by atoms with E-state index in [1.165, 1.54) is 0 Å². The van der Waals surface area contributed by atoms with Crippen LogP contribution in [-0.2, 0) is 4.79 Å². The van der Waals surface area contributed by atoms with Crippen molar-refractivity contribution in [3.63, 3.8) is 0 Å². The van der Waals surface area contributed by atoms with Crippen LogP contribution < -0.4 is 9.64 Å². The largest absolute Gasteiger partial charge is 0.424 e. The van der Waals surface area contributed by atoms with Gasteiger partial charge in [-0.1, -0.05) is 71.2 Å². The van der Waals surface area contributed by atoms with Gasteiger partial charge in [0.05, 0.1) is 10.0 Å². The van der Waals surface area contributed by atoms with Crippen LogP contribution in [0.5, 0.6) is 5.75 Å². The number of benzene rings is 3. The summed E-state index contributed by atoms with van der Waals surface area (Å²) in [6, 6.07) is 18.6. The number of hydrogen-bond acceptors (Lipinski definition) is 3. The Bertz CT molecular complexity index is 1000. The first-order chi connectivity index (χ1) is 13.0. The van der Waals surface area contributed by atoms with Gasteiger partial charge < -0.3 is 9.64 Å². The van der Waals surface area contributed by atoms with Crippen molar-refractivity contribution < 1.29 is 9.53 Å². The molecule has 0 aliphatic carbocycles. The van der Waals surface area contributed by atoms with E-state index in [2.05, 4.69) is 4.90 Å². The molecule has 0 N–H and O–H groups in total. The zero-order chi connectivity index (χ0) is 19.1. The molecule has 0 amide bonds. The van der Waals surface area contributed by atoms with Crippen LogP contribution in [-0.4, -0.2) is 13.0 Å². The first-order valence-corrected chi connectivity index (χ1v) is 9.39. The molecule has 0 saturated heterocycles. The third-order valence-electron chi connectivity index (χ3n) is 4.66. The van der Waals surface area contributed by atoms with Crippen molar-refractivity contribution in [2.75, 3.05) is 11.9 Å². The molecule has 4 rings (SSSR count). The van der Waals surface area contributed by atoms with E-state index in [9.17, 15) is 4.79 Å². The molecule has 1 heterocycles. The van der Waals surface area contributed by atoms with E-state index < -0.39 is 11.9 Å². The molecular formula is C21H14Cl3NO2. The van der Waals surface area contributed by atoms with Gasteiger partial charge in [-0.2, -0.15) is 0 Å². The second kappa shape index (κ2) is 7.08. The smallest absolute Gasteiger partial charge is 0.323 e. The van der Waals surface area contributed by atoms with E-state index in [-0.39, 0.29) is 15.8 Å². The molecule has 1 aliphatic heterocycles. The number of para-hydroxylation sites is 2. The van der Waals surface area contributed by atoms with Crippen LogP contribution in [0.2, 0.25) is 15.1 Å². The lowest BCUT2D eigenvalue weighted by Gasteiger charge is -2.34. The van der Waals surface area contributed by atoms with Gasteiger partial charge in [0.2, 0.25) is 0 Å². The summed E-state index contributed by atoms with van der Waals surface area (Å²) < 4.78 is 5.64.